The fourth-order valence-corrected chi connectivity index (χ4v) is 1.64. The average Bonchev–Trinajstić information content (AvgIpc) is 2.95. The molecule has 2 heterocycles. The van der Waals surface area contributed by atoms with E-state index in [4.69, 9.17) is 0 Å². The van der Waals surface area contributed by atoms with Gasteiger partial charge < -0.3 is 0 Å². The number of nitrogens with one attached hydrogen (secondary N) is 1. The van der Waals surface area contributed by atoms with E-state index in [0.29, 0.717) is 17.1 Å². The van der Waals surface area contributed by atoms with Crippen LogP contribution in [0.5, 0.6) is 0 Å². The monoisotopic (exact) mass is 299 g/mol. The summed E-state index contributed by atoms with van der Waals surface area (Å²) in [5.74, 6) is 0.666. The number of nitro groups is 1. The number of rotatable bonds is 4. The van der Waals surface area contributed by atoms with Gasteiger partial charge in [0.15, 0.2) is 5.82 Å². The second kappa shape index (κ2) is 5.47. The van der Waals surface area contributed by atoms with E-state index in [0.717, 1.165) is 0 Å². The third-order valence-corrected chi connectivity index (χ3v) is 2.72. The summed E-state index contributed by atoms with van der Waals surface area (Å²) in [5, 5.41) is 29.4. The number of fused-ring (bicyclic) bond motifs is 1. The fraction of sp³-hybridized carbons (Fsp3) is 0.0909. The summed E-state index contributed by atoms with van der Waals surface area (Å²) >= 11 is 0. The van der Waals surface area contributed by atoms with Crippen LogP contribution in [0.1, 0.15) is 11.3 Å². The molecule has 3 aromatic rings. The molecule has 0 bridgehead atoms. The number of benzene rings is 1. The maximum Gasteiger partial charge on any atom is 0.293 e. The van der Waals surface area contributed by atoms with Gasteiger partial charge in [0.25, 0.3) is 11.5 Å². The molecule has 11 nitrogen and oxygen atoms in total. The van der Waals surface area contributed by atoms with Gasteiger partial charge in [-0.05, 0) is 35.0 Å². The lowest BCUT2D eigenvalue weighted by Crippen LogP contribution is -2.05. The lowest BCUT2D eigenvalue weighted by molar-refractivity contribution is -0.384. The van der Waals surface area contributed by atoms with Crippen LogP contribution in [0.4, 0.5) is 11.5 Å². The minimum absolute atomic E-state index is 0.0246. The van der Waals surface area contributed by atoms with E-state index >= 15 is 0 Å². The second-order valence-electron chi connectivity index (χ2n) is 4.23. The number of tetrazole rings is 1. The Bertz CT molecular complexity index is 856. The van der Waals surface area contributed by atoms with Crippen molar-refractivity contribution in [1.29, 1.82) is 0 Å². The SMILES string of the molecule is Cc1nn2nnnc2nc1N/N=C/c1ccc([N+](=O)[O-])cc1. The van der Waals surface area contributed by atoms with Crippen molar-refractivity contribution in [2.75, 3.05) is 5.43 Å². The van der Waals surface area contributed by atoms with Crippen LogP contribution < -0.4 is 5.43 Å². The Morgan fingerprint density at radius 1 is 1.36 bits per heavy atom. The van der Waals surface area contributed by atoms with Crippen LogP contribution in [0.25, 0.3) is 5.78 Å². The number of nitro benzene ring substituents is 1. The zero-order valence-electron chi connectivity index (χ0n) is 11.3. The summed E-state index contributed by atoms with van der Waals surface area (Å²) in [5.41, 5.74) is 4.03. The largest absolute Gasteiger partial charge is 0.293 e. The molecule has 2 aromatic heterocycles. The Labute approximate surface area is 122 Å². The topological polar surface area (TPSA) is 136 Å². The summed E-state index contributed by atoms with van der Waals surface area (Å²) in [6.45, 7) is 1.73. The third kappa shape index (κ3) is 2.67. The van der Waals surface area contributed by atoms with Crippen molar-refractivity contribution >= 4 is 23.5 Å². The lowest BCUT2D eigenvalue weighted by atomic mass is 10.2. The number of nitrogens with zero attached hydrogens (tertiary/aromatic N) is 8. The highest BCUT2D eigenvalue weighted by molar-refractivity contribution is 5.80. The van der Waals surface area contributed by atoms with Crippen molar-refractivity contribution < 1.29 is 4.92 Å². The van der Waals surface area contributed by atoms with Gasteiger partial charge in [-0.25, -0.2) is 0 Å². The van der Waals surface area contributed by atoms with Crippen molar-refractivity contribution in [3.05, 3.63) is 45.6 Å². The van der Waals surface area contributed by atoms with Crippen LogP contribution in [0.2, 0.25) is 0 Å². The number of non-ortho nitro benzene ring substituents is 1. The standard InChI is InChI=1S/C11H9N9O2/c1-7-10(13-11-15-17-18-19(11)16-7)14-12-6-8-2-4-9(5-3-8)20(21)22/h2-6H,1H3,(H,13,14,15,18)/b12-6+. The molecule has 0 amide bonds. The fourth-order valence-electron chi connectivity index (χ4n) is 1.64. The van der Waals surface area contributed by atoms with Gasteiger partial charge in [0.2, 0.25) is 0 Å². The first-order valence-electron chi connectivity index (χ1n) is 6.10. The van der Waals surface area contributed by atoms with E-state index in [1.165, 1.54) is 23.0 Å². The molecular weight excluding hydrogens is 290 g/mol. The maximum absolute atomic E-state index is 10.6. The lowest BCUT2D eigenvalue weighted by Gasteiger charge is -2.01. The predicted molar refractivity (Wildman–Crippen MR) is 75.4 cm³/mol. The van der Waals surface area contributed by atoms with Crippen LogP contribution in [-0.2, 0) is 0 Å². The van der Waals surface area contributed by atoms with Gasteiger partial charge in [-0.1, -0.05) is 9.73 Å². The molecule has 0 unspecified atom stereocenters. The van der Waals surface area contributed by atoms with Crippen molar-refractivity contribution in [3.8, 4) is 0 Å². The Balaban J connectivity index is 1.75. The van der Waals surface area contributed by atoms with Crippen LogP contribution in [-0.4, -0.2) is 41.4 Å². The molecule has 0 aliphatic carbocycles. The summed E-state index contributed by atoms with van der Waals surface area (Å²) < 4.78 is 1.21. The molecule has 0 fully saturated rings. The highest BCUT2D eigenvalue weighted by Crippen LogP contribution is 2.11. The van der Waals surface area contributed by atoms with Gasteiger partial charge in [-0.3, -0.25) is 15.5 Å². The van der Waals surface area contributed by atoms with Gasteiger partial charge in [-0.2, -0.15) is 10.1 Å². The van der Waals surface area contributed by atoms with Crippen molar-refractivity contribution in [2.45, 2.75) is 6.92 Å². The summed E-state index contributed by atoms with van der Waals surface area (Å²) in [6.07, 6.45) is 1.51. The maximum atomic E-state index is 10.6. The van der Waals surface area contributed by atoms with Crippen LogP contribution in [0.15, 0.2) is 29.4 Å². The van der Waals surface area contributed by atoms with Crippen LogP contribution >= 0.6 is 0 Å². The van der Waals surface area contributed by atoms with E-state index in [1.54, 1.807) is 19.1 Å². The molecule has 0 spiro atoms. The van der Waals surface area contributed by atoms with Gasteiger partial charge in [-0.15, -0.1) is 5.10 Å². The molecule has 0 aliphatic rings. The molecule has 0 aliphatic heterocycles. The number of anilines is 1. The quantitative estimate of drug-likeness (QED) is 0.419. The van der Waals surface area contributed by atoms with Gasteiger partial charge >= 0.3 is 0 Å². The average molecular weight is 299 g/mol. The van der Waals surface area contributed by atoms with Crippen LogP contribution in [0.3, 0.4) is 0 Å². The van der Waals surface area contributed by atoms with E-state index in [2.05, 4.69) is 36.1 Å². The van der Waals surface area contributed by atoms with E-state index in [1.807, 2.05) is 0 Å². The van der Waals surface area contributed by atoms with Gasteiger partial charge in [0, 0.05) is 12.1 Å². The van der Waals surface area contributed by atoms with E-state index < -0.39 is 4.92 Å². The molecule has 1 N–H and O–H groups in total. The van der Waals surface area contributed by atoms with Gasteiger partial charge in [0.1, 0.15) is 5.69 Å². The molecule has 11 heteroatoms. The number of aromatic nitrogens is 6. The molecule has 1 aromatic carbocycles. The predicted octanol–water partition coefficient (Wildman–Crippen LogP) is 0.577. The first-order chi connectivity index (χ1) is 10.6. The molecule has 0 radical (unpaired) electrons. The van der Waals surface area contributed by atoms with Crippen molar-refractivity contribution in [3.63, 3.8) is 0 Å². The number of aryl methyl sites for hydroxylation is 1. The van der Waals surface area contributed by atoms with Gasteiger partial charge in [0.05, 0.1) is 11.1 Å². The first-order valence-corrected chi connectivity index (χ1v) is 6.10. The zero-order chi connectivity index (χ0) is 15.5. The Kier molecular flexibility index (Phi) is 3.35. The second-order valence-corrected chi connectivity index (χ2v) is 4.23. The molecule has 22 heavy (non-hydrogen) atoms. The molecule has 0 saturated carbocycles. The van der Waals surface area contributed by atoms with E-state index in [9.17, 15) is 10.1 Å². The van der Waals surface area contributed by atoms with E-state index in [-0.39, 0.29) is 11.5 Å². The highest BCUT2D eigenvalue weighted by Gasteiger charge is 2.06. The molecule has 110 valence electrons. The number of hydrogen-bond donors (Lipinski definition) is 1. The summed E-state index contributed by atoms with van der Waals surface area (Å²) in [7, 11) is 0. The minimum Gasteiger partial charge on any atom is -0.260 e. The minimum atomic E-state index is -0.458. The highest BCUT2D eigenvalue weighted by atomic mass is 16.6. The van der Waals surface area contributed by atoms with Crippen molar-refractivity contribution in [1.82, 2.24) is 30.2 Å². The van der Waals surface area contributed by atoms with Crippen molar-refractivity contribution in [2.24, 2.45) is 5.10 Å². The molecule has 3 rings (SSSR count). The molecule has 0 atom stereocenters. The summed E-state index contributed by atoms with van der Waals surface area (Å²) in [4.78, 5) is 14.3. The Morgan fingerprint density at radius 3 is 2.86 bits per heavy atom. The normalized spacial score (nSPS) is 11.1. The third-order valence-electron chi connectivity index (χ3n) is 2.72. The number of hydrazone groups is 1. The van der Waals surface area contributed by atoms with Crippen LogP contribution in [0, 0.1) is 17.0 Å². The molecule has 0 saturated heterocycles. The number of hydrogen-bond acceptors (Lipinski definition) is 9. The molecular formula is C11H9N9O2. The Hall–Kier alpha value is -3.50. The summed E-state index contributed by atoms with van der Waals surface area (Å²) in [6, 6.07) is 5.99. The Morgan fingerprint density at radius 2 is 2.14 bits per heavy atom. The smallest absolute Gasteiger partial charge is 0.260 e. The first kappa shape index (κ1) is 13.5. The zero-order valence-corrected chi connectivity index (χ0v) is 11.3.